The van der Waals surface area contributed by atoms with Gasteiger partial charge in [0, 0.05) is 6.42 Å². The molecular weight excluding hydrogens is 184 g/mol. The van der Waals surface area contributed by atoms with Crippen molar-refractivity contribution in [2.24, 2.45) is 0 Å². The summed E-state index contributed by atoms with van der Waals surface area (Å²) in [5.41, 5.74) is 0.561. The zero-order chi connectivity index (χ0) is 10.7. The molecule has 0 radical (unpaired) electrons. The van der Waals surface area contributed by atoms with E-state index in [1.165, 1.54) is 12.4 Å². The number of hydrogen-bond acceptors (Lipinski definition) is 4. The van der Waals surface area contributed by atoms with Crippen LogP contribution in [0.4, 0.5) is 5.69 Å². The molecule has 1 atom stereocenters. The molecule has 0 aliphatic heterocycles. The van der Waals surface area contributed by atoms with Gasteiger partial charge in [0.05, 0.1) is 11.0 Å². The summed E-state index contributed by atoms with van der Waals surface area (Å²) in [6.45, 7) is 3.53. The molecule has 14 heavy (non-hydrogen) atoms. The maximum Gasteiger partial charge on any atom is 0.309 e. The molecular formula is C8H12N4O2. The number of hydrogen-bond donors (Lipinski definition) is 1. The molecule has 1 rings (SSSR count). The molecule has 76 valence electrons. The molecule has 0 aliphatic carbocycles. The highest BCUT2D eigenvalue weighted by atomic mass is 16.6. The zero-order valence-electron chi connectivity index (χ0n) is 8.10. The van der Waals surface area contributed by atoms with Crippen molar-refractivity contribution in [3.63, 3.8) is 0 Å². The highest BCUT2D eigenvalue weighted by molar-refractivity contribution is 5.53. The number of nitrogens with one attached hydrogen (secondary N) is 1. The molecule has 6 nitrogen and oxygen atoms in total. The van der Waals surface area contributed by atoms with E-state index in [1.54, 1.807) is 11.6 Å². The summed E-state index contributed by atoms with van der Waals surface area (Å²) in [4.78, 5) is 10.1. The highest BCUT2D eigenvalue weighted by Crippen LogP contribution is 2.20. The minimum Gasteiger partial charge on any atom is -0.313 e. The van der Waals surface area contributed by atoms with Gasteiger partial charge in [0.1, 0.15) is 11.9 Å². The van der Waals surface area contributed by atoms with Crippen LogP contribution in [0.1, 0.15) is 25.1 Å². The first-order chi connectivity index (χ1) is 6.57. The maximum absolute atomic E-state index is 10.5. The SMILES string of the molecule is Cc1c([N+](=O)[O-])cnn1[C@@H](C)CC=N. The summed E-state index contributed by atoms with van der Waals surface area (Å²) in [6.07, 6.45) is 3.05. The Morgan fingerprint density at radius 2 is 2.50 bits per heavy atom. The monoisotopic (exact) mass is 196 g/mol. The van der Waals surface area contributed by atoms with E-state index in [9.17, 15) is 10.1 Å². The van der Waals surface area contributed by atoms with Gasteiger partial charge in [-0.2, -0.15) is 5.10 Å². The molecule has 1 aromatic rings. The Morgan fingerprint density at radius 1 is 1.86 bits per heavy atom. The first-order valence-electron chi connectivity index (χ1n) is 4.25. The Hall–Kier alpha value is -1.72. The van der Waals surface area contributed by atoms with E-state index in [2.05, 4.69) is 5.10 Å². The van der Waals surface area contributed by atoms with E-state index < -0.39 is 4.92 Å². The van der Waals surface area contributed by atoms with Crippen LogP contribution in [0.3, 0.4) is 0 Å². The molecule has 0 bridgehead atoms. The van der Waals surface area contributed by atoms with Crippen molar-refractivity contribution in [3.8, 4) is 0 Å². The molecule has 1 N–H and O–H groups in total. The van der Waals surface area contributed by atoms with Crippen molar-refractivity contribution in [2.45, 2.75) is 26.3 Å². The number of nitrogens with zero attached hydrogens (tertiary/aromatic N) is 3. The Labute approximate surface area is 81.2 Å². The second-order valence-corrected chi connectivity index (χ2v) is 3.11. The van der Waals surface area contributed by atoms with E-state index >= 15 is 0 Å². The van der Waals surface area contributed by atoms with Crippen molar-refractivity contribution < 1.29 is 4.92 Å². The van der Waals surface area contributed by atoms with Crippen LogP contribution in [0.15, 0.2) is 6.20 Å². The van der Waals surface area contributed by atoms with Gasteiger partial charge in [0.2, 0.25) is 0 Å². The Morgan fingerprint density at radius 3 is 2.93 bits per heavy atom. The normalized spacial score (nSPS) is 12.4. The predicted molar refractivity (Wildman–Crippen MR) is 51.7 cm³/mol. The second kappa shape index (κ2) is 3.99. The molecule has 1 heterocycles. The molecule has 0 saturated carbocycles. The van der Waals surface area contributed by atoms with Gasteiger partial charge in [0.15, 0.2) is 0 Å². The van der Waals surface area contributed by atoms with Crippen molar-refractivity contribution in [3.05, 3.63) is 22.0 Å². The van der Waals surface area contributed by atoms with Crippen molar-refractivity contribution in [1.29, 1.82) is 5.41 Å². The van der Waals surface area contributed by atoms with Crippen LogP contribution in [-0.2, 0) is 0 Å². The lowest BCUT2D eigenvalue weighted by molar-refractivity contribution is -0.385. The topological polar surface area (TPSA) is 84.8 Å². The molecule has 6 heteroatoms. The molecule has 0 saturated heterocycles. The quantitative estimate of drug-likeness (QED) is 0.451. The number of aromatic nitrogens is 2. The van der Waals surface area contributed by atoms with Crippen LogP contribution < -0.4 is 0 Å². The fourth-order valence-corrected chi connectivity index (χ4v) is 1.31. The third-order valence-electron chi connectivity index (χ3n) is 2.09. The standard InChI is InChI=1S/C8H12N4O2/c1-6(3-4-9)11-7(2)8(5-10-11)12(13)14/h4-6,9H,3H2,1-2H3/t6-/m0/s1. The summed E-state index contributed by atoms with van der Waals surface area (Å²) in [6, 6.07) is -0.0128. The third kappa shape index (κ3) is 1.78. The van der Waals surface area contributed by atoms with Gasteiger partial charge in [-0.1, -0.05) is 0 Å². The van der Waals surface area contributed by atoms with Gasteiger partial charge in [-0.25, -0.2) is 0 Å². The van der Waals surface area contributed by atoms with Crippen LogP contribution >= 0.6 is 0 Å². The average molecular weight is 196 g/mol. The summed E-state index contributed by atoms with van der Waals surface area (Å²) < 4.78 is 1.57. The van der Waals surface area contributed by atoms with E-state index in [-0.39, 0.29) is 11.7 Å². The van der Waals surface area contributed by atoms with Gasteiger partial charge in [0.25, 0.3) is 0 Å². The van der Waals surface area contributed by atoms with Crippen LogP contribution in [0.2, 0.25) is 0 Å². The lowest BCUT2D eigenvalue weighted by Crippen LogP contribution is -2.09. The molecule has 0 aliphatic rings. The molecule has 0 fully saturated rings. The molecule has 0 unspecified atom stereocenters. The van der Waals surface area contributed by atoms with Gasteiger partial charge in [-0.3, -0.25) is 14.8 Å². The Kier molecular flexibility index (Phi) is 2.95. The summed E-state index contributed by atoms with van der Waals surface area (Å²) in [5.74, 6) is 0. The Balaban J connectivity index is 3.00. The fourth-order valence-electron chi connectivity index (χ4n) is 1.31. The van der Waals surface area contributed by atoms with Gasteiger partial charge < -0.3 is 5.41 Å². The van der Waals surface area contributed by atoms with Gasteiger partial charge >= 0.3 is 5.69 Å². The van der Waals surface area contributed by atoms with E-state index in [0.717, 1.165) is 0 Å². The summed E-state index contributed by atoms with van der Waals surface area (Å²) in [5, 5.41) is 21.4. The van der Waals surface area contributed by atoms with Crippen molar-refractivity contribution in [1.82, 2.24) is 9.78 Å². The summed E-state index contributed by atoms with van der Waals surface area (Å²) >= 11 is 0. The summed E-state index contributed by atoms with van der Waals surface area (Å²) in [7, 11) is 0. The van der Waals surface area contributed by atoms with E-state index in [0.29, 0.717) is 12.1 Å². The second-order valence-electron chi connectivity index (χ2n) is 3.11. The zero-order valence-corrected chi connectivity index (χ0v) is 8.10. The first-order valence-corrected chi connectivity index (χ1v) is 4.25. The Bertz CT molecular complexity index is 358. The molecule has 1 aromatic heterocycles. The minimum absolute atomic E-state index is 0.0128. The van der Waals surface area contributed by atoms with Crippen LogP contribution in [0.5, 0.6) is 0 Å². The van der Waals surface area contributed by atoms with Crippen LogP contribution in [0.25, 0.3) is 0 Å². The van der Waals surface area contributed by atoms with Crippen molar-refractivity contribution >= 4 is 11.9 Å². The predicted octanol–water partition coefficient (Wildman–Crippen LogP) is 1.70. The smallest absolute Gasteiger partial charge is 0.309 e. The van der Waals surface area contributed by atoms with Gasteiger partial charge in [-0.05, 0) is 20.1 Å². The number of rotatable bonds is 4. The largest absolute Gasteiger partial charge is 0.313 e. The molecule has 0 amide bonds. The van der Waals surface area contributed by atoms with Crippen molar-refractivity contribution in [2.75, 3.05) is 0 Å². The third-order valence-corrected chi connectivity index (χ3v) is 2.09. The average Bonchev–Trinajstić information content (AvgIpc) is 2.47. The number of nitro groups is 1. The molecule has 0 spiro atoms. The van der Waals surface area contributed by atoms with Crippen LogP contribution in [0, 0.1) is 22.4 Å². The van der Waals surface area contributed by atoms with Gasteiger partial charge in [-0.15, -0.1) is 0 Å². The minimum atomic E-state index is -0.448. The highest BCUT2D eigenvalue weighted by Gasteiger charge is 2.18. The fraction of sp³-hybridized carbons (Fsp3) is 0.500. The molecule has 0 aromatic carbocycles. The van der Waals surface area contributed by atoms with E-state index in [1.807, 2.05) is 6.92 Å². The first kappa shape index (κ1) is 10.4. The maximum atomic E-state index is 10.5. The van der Waals surface area contributed by atoms with E-state index in [4.69, 9.17) is 5.41 Å². The lowest BCUT2D eigenvalue weighted by atomic mass is 10.2. The van der Waals surface area contributed by atoms with Crippen LogP contribution in [-0.4, -0.2) is 20.9 Å². The lowest BCUT2D eigenvalue weighted by Gasteiger charge is -2.10.